The molecule has 2 aliphatic heterocycles. The number of hydrogen-bond acceptors (Lipinski definition) is 7. The van der Waals surface area contributed by atoms with Crippen LogP contribution in [0.25, 0.3) is 0 Å². The summed E-state index contributed by atoms with van der Waals surface area (Å²) in [5.74, 6) is 0.804. The van der Waals surface area contributed by atoms with Crippen LogP contribution in [0.3, 0.4) is 0 Å². The maximum absolute atomic E-state index is 13.4. The molecule has 0 radical (unpaired) electrons. The summed E-state index contributed by atoms with van der Waals surface area (Å²) in [5.41, 5.74) is 9.72. The summed E-state index contributed by atoms with van der Waals surface area (Å²) in [6, 6.07) is 36.2. The van der Waals surface area contributed by atoms with E-state index in [9.17, 15) is 48.7 Å². The lowest BCUT2D eigenvalue weighted by Crippen LogP contribution is -2.43. The molecule has 0 spiro atoms. The van der Waals surface area contributed by atoms with E-state index in [1.54, 1.807) is 36.0 Å². The molecule has 5 nitrogen and oxygen atoms in total. The Morgan fingerprint density at radius 2 is 0.836 bits per heavy atom. The monoisotopic (exact) mass is 1060 g/mol. The van der Waals surface area contributed by atoms with Gasteiger partial charge in [0.1, 0.15) is 29.6 Å². The van der Waals surface area contributed by atoms with E-state index in [1.165, 1.54) is 60.7 Å². The Labute approximate surface area is 428 Å². The number of thioether (sulfide) groups is 2. The third-order valence-electron chi connectivity index (χ3n) is 12.5. The number of nitrogens with one attached hydrogen (secondary N) is 1. The second kappa shape index (κ2) is 27.9. The van der Waals surface area contributed by atoms with E-state index in [0.29, 0.717) is 24.9 Å². The second-order valence-electron chi connectivity index (χ2n) is 17.8. The van der Waals surface area contributed by atoms with Crippen LogP contribution in [-0.4, -0.2) is 78.9 Å². The first-order chi connectivity index (χ1) is 34.9. The van der Waals surface area contributed by atoms with Gasteiger partial charge in [-0.1, -0.05) is 72.8 Å². The van der Waals surface area contributed by atoms with Gasteiger partial charge in [-0.15, -0.1) is 23.5 Å². The molecule has 73 heavy (non-hydrogen) atoms. The Morgan fingerprint density at radius 1 is 0.507 bits per heavy atom. The zero-order chi connectivity index (χ0) is 52.4. The van der Waals surface area contributed by atoms with Gasteiger partial charge < -0.3 is 20.9 Å². The van der Waals surface area contributed by atoms with Gasteiger partial charge in [0.25, 0.3) is 0 Å². The maximum Gasteiger partial charge on any atom is 0.416 e. The smallest absolute Gasteiger partial charge is 0.328 e. The zero-order valence-corrected chi connectivity index (χ0v) is 41.5. The third kappa shape index (κ3) is 18.9. The van der Waals surface area contributed by atoms with Gasteiger partial charge in [-0.2, -0.15) is 26.3 Å². The van der Waals surface area contributed by atoms with Crippen molar-refractivity contribution in [1.82, 2.24) is 15.1 Å². The topological polar surface area (TPSA) is 61.6 Å². The highest BCUT2D eigenvalue weighted by Crippen LogP contribution is 2.38. The highest BCUT2D eigenvalue weighted by molar-refractivity contribution is 8.00. The Bertz CT molecular complexity index is 2440. The molecule has 0 aliphatic carbocycles. The van der Waals surface area contributed by atoms with Crippen LogP contribution in [0, 0.1) is 23.3 Å². The minimum Gasteiger partial charge on any atom is -0.328 e. The fourth-order valence-corrected chi connectivity index (χ4v) is 10.9. The van der Waals surface area contributed by atoms with Crippen LogP contribution in [-0.2, 0) is 18.9 Å². The molecule has 0 aromatic heterocycles. The number of rotatable bonds is 16. The molecule has 0 saturated carbocycles. The van der Waals surface area contributed by atoms with E-state index in [4.69, 9.17) is 5.73 Å². The first-order valence-electron chi connectivity index (χ1n) is 23.9. The largest absolute Gasteiger partial charge is 0.416 e. The van der Waals surface area contributed by atoms with Crippen molar-refractivity contribution >= 4 is 29.8 Å². The lowest BCUT2D eigenvalue weighted by molar-refractivity contribution is -0.138. The van der Waals surface area contributed by atoms with E-state index in [-0.39, 0.29) is 39.3 Å². The van der Waals surface area contributed by atoms with Crippen molar-refractivity contribution in [2.45, 2.75) is 67.2 Å². The molecule has 0 unspecified atom stereocenters. The van der Waals surface area contributed by atoms with Crippen LogP contribution < -0.4 is 11.1 Å². The standard InChI is InChI=1S/C28H29F5N2S.C20H24F2N2S.C8H5F3O/c29-24-9-3-21(4-10-24)27(22-5-11-25(30)12-6-22)36-18-17-35-15-13-26(14-16-35)34-19-20-1-7-23(8-2-20)28(31,32)33;21-17-5-1-15(2-6-17)20(16-3-7-18(22)8-4-16)25-14-13-24-11-9-19(23)10-12-24;9-8(10,11)7-3-1-6(5-12)2-4-7/h1-12,26-27,34H,13-19H2;1-8,19-20H,9-14,23H2;1-5H. The van der Waals surface area contributed by atoms with E-state index in [2.05, 4.69) is 15.1 Å². The summed E-state index contributed by atoms with van der Waals surface area (Å²) in [6.45, 7) is 6.48. The average Bonchev–Trinajstić information content (AvgIpc) is 3.38. The SMILES string of the molecule is Fc1ccc(C(SCCN2CCC(NCc3ccc(C(F)(F)F)cc3)CC2)c2ccc(F)cc2)cc1.NC1CCN(CCSC(c2ccc(F)cc2)c2ccc(F)cc2)CC1.O=Cc1ccc(C(F)(F)F)cc1. The molecule has 0 bridgehead atoms. The fraction of sp³-hybridized carbons (Fsp3) is 0.339. The van der Waals surface area contributed by atoms with Gasteiger partial charge in [0.2, 0.25) is 0 Å². The highest BCUT2D eigenvalue weighted by Gasteiger charge is 2.31. The first kappa shape index (κ1) is 57.1. The fourth-order valence-electron chi connectivity index (χ4n) is 8.28. The lowest BCUT2D eigenvalue weighted by atomic mass is 10.0. The molecule has 2 fully saturated rings. The third-order valence-corrected chi connectivity index (χ3v) is 15.1. The molecule has 0 atom stereocenters. The Balaban J connectivity index is 0.000000202. The number of piperidine rings is 2. The van der Waals surface area contributed by atoms with E-state index >= 15 is 0 Å². The maximum atomic E-state index is 13.4. The number of alkyl halides is 6. The molecule has 6 aromatic rings. The summed E-state index contributed by atoms with van der Waals surface area (Å²) in [4.78, 5) is 14.9. The van der Waals surface area contributed by atoms with Crippen molar-refractivity contribution in [3.05, 3.63) is 213 Å². The van der Waals surface area contributed by atoms with Crippen LogP contribution in [0.15, 0.2) is 146 Å². The van der Waals surface area contributed by atoms with Crippen LogP contribution in [0.5, 0.6) is 0 Å². The van der Waals surface area contributed by atoms with E-state index in [0.717, 1.165) is 141 Å². The number of nitrogens with zero attached hydrogens (tertiary/aromatic N) is 2. The summed E-state index contributed by atoms with van der Waals surface area (Å²) in [5, 5.41) is 3.54. The molecule has 3 N–H and O–H groups in total. The molecule has 2 aliphatic rings. The molecule has 0 amide bonds. The Kier molecular flexibility index (Phi) is 21.9. The molecule has 2 saturated heterocycles. The summed E-state index contributed by atoms with van der Waals surface area (Å²) < 4.78 is 127. The average molecular weight is 1060 g/mol. The predicted octanol–water partition coefficient (Wildman–Crippen LogP) is 13.8. The van der Waals surface area contributed by atoms with Crippen molar-refractivity contribution in [1.29, 1.82) is 0 Å². The molecule has 17 heteroatoms. The minimum absolute atomic E-state index is 0.00543. The van der Waals surface area contributed by atoms with E-state index < -0.39 is 23.5 Å². The molecular weight excluding hydrogens is 999 g/mol. The summed E-state index contributed by atoms with van der Waals surface area (Å²) >= 11 is 3.58. The van der Waals surface area contributed by atoms with Gasteiger partial charge in [0.05, 0.1) is 21.6 Å². The first-order valence-corrected chi connectivity index (χ1v) is 26.0. The molecular formula is C56H58F10N4OS2. The van der Waals surface area contributed by atoms with Crippen LogP contribution in [0.2, 0.25) is 0 Å². The number of hydrogen-bond donors (Lipinski definition) is 2. The van der Waals surface area contributed by atoms with Crippen molar-refractivity contribution in [3.63, 3.8) is 0 Å². The van der Waals surface area contributed by atoms with Crippen molar-refractivity contribution in [3.8, 4) is 0 Å². The van der Waals surface area contributed by atoms with Crippen LogP contribution in [0.4, 0.5) is 43.9 Å². The number of halogens is 10. The van der Waals surface area contributed by atoms with Gasteiger partial charge in [0, 0.05) is 48.8 Å². The lowest BCUT2D eigenvalue weighted by Gasteiger charge is -2.32. The highest BCUT2D eigenvalue weighted by atomic mass is 32.2. The summed E-state index contributed by atoms with van der Waals surface area (Å²) in [6.07, 6.45) is -4.07. The number of likely N-dealkylation sites (tertiary alicyclic amines) is 2. The van der Waals surface area contributed by atoms with Crippen molar-refractivity contribution < 1.29 is 48.7 Å². The molecule has 6 aromatic carbocycles. The molecule has 2 heterocycles. The number of nitrogens with two attached hydrogens (primary N) is 1. The quantitative estimate of drug-likeness (QED) is 0.0740. The normalized spacial score (nSPS) is 15.1. The van der Waals surface area contributed by atoms with Gasteiger partial charge >= 0.3 is 12.4 Å². The van der Waals surface area contributed by atoms with Gasteiger partial charge in [-0.05, 0) is 152 Å². The van der Waals surface area contributed by atoms with E-state index in [1.807, 2.05) is 36.0 Å². The zero-order valence-electron chi connectivity index (χ0n) is 39.9. The Morgan fingerprint density at radius 3 is 1.16 bits per heavy atom. The predicted molar refractivity (Wildman–Crippen MR) is 272 cm³/mol. The van der Waals surface area contributed by atoms with Gasteiger partial charge in [-0.25, -0.2) is 17.6 Å². The number of benzene rings is 6. The number of aldehydes is 1. The number of carbonyl (C=O) groups excluding carboxylic acids is 1. The van der Waals surface area contributed by atoms with Gasteiger partial charge in [0.15, 0.2) is 0 Å². The molecule has 8 rings (SSSR count). The van der Waals surface area contributed by atoms with Crippen LogP contribution >= 0.6 is 23.5 Å². The van der Waals surface area contributed by atoms with Crippen molar-refractivity contribution in [2.75, 3.05) is 50.8 Å². The second-order valence-corrected chi connectivity index (χ2v) is 20.2. The Hall–Kier alpha value is -5.17. The van der Waals surface area contributed by atoms with Gasteiger partial charge in [-0.3, -0.25) is 4.79 Å². The number of carbonyl (C=O) groups is 1. The van der Waals surface area contributed by atoms with Crippen LogP contribution in [0.1, 0.15) is 85.5 Å². The summed E-state index contributed by atoms with van der Waals surface area (Å²) in [7, 11) is 0. The molecule has 390 valence electrons. The minimum atomic E-state index is -4.33. The van der Waals surface area contributed by atoms with Crippen molar-refractivity contribution in [2.24, 2.45) is 5.73 Å².